The zero-order valence-electron chi connectivity index (χ0n) is 9.97. The minimum atomic E-state index is 0.518. The Hall–Kier alpha value is -1.92. The van der Waals surface area contributed by atoms with E-state index >= 15 is 0 Å². The Balaban J connectivity index is 2.10. The Kier molecular flexibility index (Phi) is 4.68. The highest BCUT2D eigenvalue weighted by Gasteiger charge is 2.02. The number of nitrogens with one attached hydrogen (secondary N) is 1. The second-order valence-corrected chi connectivity index (χ2v) is 4.86. The van der Waals surface area contributed by atoms with Crippen molar-refractivity contribution in [2.45, 2.75) is 16.2 Å². The number of hydrogen-bond donors (Lipinski definition) is 1. The van der Waals surface area contributed by atoms with Crippen LogP contribution in [0.25, 0.3) is 0 Å². The molecule has 2 rings (SSSR count). The van der Waals surface area contributed by atoms with Gasteiger partial charge in [-0.3, -0.25) is 0 Å². The van der Waals surface area contributed by atoms with E-state index in [1.54, 1.807) is 11.8 Å². The Morgan fingerprint density at radius 1 is 1.00 bits per heavy atom. The van der Waals surface area contributed by atoms with Crippen LogP contribution in [0.4, 0.5) is 5.69 Å². The minimum absolute atomic E-state index is 0.518. The van der Waals surface area contributed by atoms with Gasteiger partial charge in [-0.25, -0.2) is 0 Å². The van der Waals surface area contributed by atoms with Crippen LogP contribution in [0.1, 0.15) is 6.42 Å². The molecule has 0 fully saturated rings. The fourth-order valence-corrected chi connectivity index (χ4v) is 2.51. The number of nitriles is 1. The summed E-state index contributed by atoms with van der Waals surface area (Å²) in [5, 5.41) is 11.8. The summed E-state index contributed by atoms with van der Waals surface area (Å²) in [4.78, 5) is 2.40. The molecule has 2 aromatic carbocycles. The molecule has 90 valence electrons. The van der Waals surface area contributed by atoms with Gasteiger partial charge in [-0.05, 0) is 24.3 Å². The zero-order chi connectivity index (χ0) is 12.6. The Morgan fingerprint density at radius 3 is 2.50 bits per heavy atom. The van der Waals surface area contributed by atoms with E-state index in [1.165, 1.54) is 9.79 Å². The normalized spacial score (nSPS) is 9.72. The fraction of sp³-hybridized carbons (Fsp3) is 0.133. The summed E-state index contributed by atoms with van der Waals surface area (Å²) in [5.74, 6) is 0. The number of nitrogens with zero attached hydrogens (tertiary/aromatic N) is 1. The SMILES string of the molecule is N#CCCNc1ccccc1Sc1ccccc1. The lowest BCUT2D eigenvalue weighted by molar-refractivity contribution is 1.07. The third kappa shape index (κ3) is 3.54. The number of rotatable bonds is 5. The highest BCUT2D eigenvalue weighted by atomic mass is 32.2. The van der Waals surface area contributed by atoms with Crippen molar-refractivity contribution in [2.24, 2.45) is 0 Å². The molecule has 0 aliphatic rings. The van der Waals surface area contributed by atoms with Crippen LogP contribution >= 0.6 is 11.8 Å². The summed E-state index contributed by atoms with van der Waals surface area (Å²) in [6.45, 7) is 0.683. The first-order chi connectivity index (χ1) is 8.90. The van der Waals surface area contributed by atoms with Crippen LogP contribution in [0.5, 0.6) is 0 Å². The monoisotopic (exact) mass is 254 g/mol. The van der Waals surface area contributed by atoms with E-state index in [1.807, 2.05) is 36.4 Å². The van der Waals surface area contributed by atoms with Gasteiger partial charge in [0.2, 0.25) is 0 Å². The summed E-state index contributed by atoms with van der Waals surface area (Å²) >= 11 is 1.73. The van der Waals surface area contributed by atoms with E-state index in [0.717, 1.165) is 5.69 Å². The predicted molar refractivity (Wildman–Crippen MR) is 75.7 cm³/mol. The van der Waals surface area contributed by atoms with Crippen LogP contribution in [0.2, 0.25) is 0 Å². The molecule has 18 heavy (non-hydrogen) atoms. The number of benzene rings is 2. The average Bonchev–Trinajstić information content (AvgIpc) is 2.42. The summed E-state index contributed by atoms with van der Waals surface area (Å²) in [7, 11) is 0. The third-order valence-electron chi connectivity index (χ3n) is 2.41. The van der Waals surface area contributed by atoms with Gasteiger partial charge < -0.3 is 5.32 Å². The molecule has 0 atom stereocenters. The van der Waals surface area contributed by atoms with Gasteiger partial charge in [0.15, 0.2) is 0 Å². The van der Waals surface area contributed by atoms with Crippen LogP contribution < -0.4 is 5.32 Å². The lowest BCUT2D eigenvalue weighted by atomic mass is 10.3. The fourth-order valence-electron chi connectivity index (χ4n) is 1.57. The van der Waals surface area contributed by atoms with Crippen LogP contribution in [0.15, 0.2) is 64.4 Å². The zero-order valence-corrected chi connectivity index (χ0v) is 10.8. The molecule has 0 radical (unpaired) electrons. The number of anilines is 1. The minimum Gasteiger partial charge on any atom is -0.383 e. The maximum absolute atomic E-state index is 8.55. The topological polar surface area (TPSA) is 35.8 Å². The largest absolute Gasteiger partial charge is 0.383 e. The Labute approximate surface area is 112 Å². The van der Waals surface area contributed by atoms with Crippen molar-refractivity contribution in [3.8, 4) is 6.07 Å². The lowest BCUT2D eigenvalue weighted by Gasteiger charge is -2.10. The molecule has 0 saturated carbocycles. The second kappa shape index (κ2) is 6.73. The Bertz CT molecular complexity index is 532. The van der Waals surface area contributed by atoms with E-state index in [9.17, 15) is 0 Å². The molecule has 0 heterocycles. The molecular weight excluding hydrogens is 240 g/mol. The van der Waals surface area contributed by atoms with Gasteiger partial charge in [0.25, 0.3) is 0 Å². The van der Waals surface area contributed by atoms with Crippen LogP contribution in [-0.4, -0.2) is 6.54 Å². The van der Waals surface area contributed by atoms with Crippen molar-refractivity contribution in [3.63, 3.8) is 0 Å². The molecule has 0 amide bonds. The van der Waals surface area contributed by atoms with Crippen molar-refractivity contribution < 1.29 is 0 Å². The molecule has 0 spiro atoms. The van der Waals surface area contributed by atoms with Gasteiger partial charge in [0, 0.05) is 22.0 Å². The number of para-hydroxylation sites is 1. The maximum atomic E-state index is 8.55. The predicted octanol–water partition coefficient (Wildman–Crippen LogP) is 4.16. The molecular formula is C15H14N2S. The van der Waals surface area contributed by atoms with Gasteiger partial charge in [0.1, 0.15) is 0 Å². The van der Waals surface area contributed by atoms with E-state index in [-0.39, 0.29) is 0 Å². The molecule has 2 aromatic rings. The van der Waals surface area contributed by atoms with Crippen molar-refractivity contribution in [2.75, 3.05) is 11.9 Å². The summed E-state index contributed by atoms with van der Waals surface area (Å²) in [6, 6.07) is 20.6. The lowest BCUT2D eigenvalue weighted by Crippen LogP contribution is -2.01. The van der Waals surface area contributed by atoms with Gasteiger partial charge >= 0.3 is 0 Å². The molecule has 0 aliphatic heterocycles. The van der Waals surface area contributed by atoms with E-state index in [0.29, 0.717) is 13.0 Å². The first-order valence-corrected chi connectivity index (χ1v) is 6.64. The third-order valence-corrected chi connectivity index (χ3v) is 3.49. The van der Waals surface area contributed by atoms with E-state index in [4.69, 9.17) is 5.26 Å². The molecule has 0 bridgehead atoms. The molecule has 2 nitrogen and oxygen atoms in total. The van der Waals surface area contributed by atoms with Gasteiger partial charge in [-0.15, -0.1) is 0 Å². The van der Waals surface area contributed by atoms with Crippen LogP contribution in [0.3, 0.4) is 0 Å². The second-order valence-electron chi connectivity index (χ2n) is 3.75. The van der Waals surface area contributed by atoms with E-state index in [2.05, 4.69) is 29.6 Å². The molecule has 0 aliphatic carbocycles. The molecule has 0 aromatic heterocycles. The first-order valence-electron chi connectivity index (χ1n) is 5.83. The van der Waals surface area contributed by atoms with Crippen molar-refractivity contribution in [1.29, 1.82) is 5.26 Å². The highest BCUT2D eigenvalue weighted by Crippen LogP contribution is 2.32. The summed E-state index contributed by atoms with van der Waals surface area (Å²) in [6.07, 6.45) is 0.518. The average molecular weight is 254 g/mol. The molecule has 0 unspecified atom stereocenters. The summed E-state index contributed by atoms with van der Waals surface area (Å²) < 4.78 is 0. The van der Waals surface area contributed by atoms with E-state index < -0.39 is 0 Å². The smallest absolute Gasteiger partial charge is 0.0640 e. The van der Waals surface area contributed by atoms with Crippen LogP contribution in [0, 0.1) is 11.3 Å². The molecule has 0 saturated heterocycles. The van der Waals surface area contributed by atoms with Gasteiger partial charge in [-0.1, -0.05) is 42.1 Å². The Morgan fingerprint density at radius 2 is 1.72 bits per heavy atom. The standard InChI is InChI=1S/C15H14N2S/c16-11-6-12-17-14-9-4-5-10-15(14)18-13-7-2-1-3-8-13/h1-5,7-10,17H,6,12H2. The molecule has 3 heteroatoms. The maximum Gasteiger partial charge on any atom is 0.0640 e. The number of hydrogen-bond acceptors (Lipinski definition) is 3. The van der Waals surface area contributed by atoms with Gasteiger partial charge in [0.05, 0.1) is 12.5 Å². The highest BCUT2D eigenvalue weighted by molar-refractivity contribution is 7.99. The van der Waals surface area contributed by atoms with Gasteiger partial charge in [-0.2, -0.15) is 5.26 Å². The first kappa shape index (κ1) is 12.5. The molecule has 1 N–H and O–H groups in total. The van der Waals surface area contributed by atoms with Crippen molar-refractivity contribution in [1.82, 2.24) is 0 Å². The van der Waals surface area contributed by atoms with Crippen molar-refractivity contribution >= 4 is 17.4 Å². The van der Waals surface area contributed by atoms with Crippen molar-refractivity contribution in [3.05, 3.63) is 54.6 Å². The van der Waals surface area contributed by atoms with Crippen LogP contribution in [-0.2, 0) is 0 Å². The summed E-state index contributed by atoms with van der Waals surface area (Å²) in [5.41, 5.74) is 1.08. The quantitative estimate of drug-likeness (QED) is 0.814.